The number of fused-ring (bicyclic) bond motifs is 2. The van der Waals surface area contributed by atoms with E-state index in [2.05, 4.69) is 105 Å². The summed E-state index contributed by atoms with van der Waals surface area (Å²) in [6, 6.07) is 34.9. The zero-order valence-electron chi connectivity index (χ0n) is 24.9. The van der Waals surface area contributed by atoms with Crippen LogP contribution in [0.2, 0.25) is 11.6 Å². The molecular weight excluding hydrogens is 479 g/mol. The molecule has 4 saturated carbocycles. The zero-order chi connectivity index (χ0) is 27.3. The second kappa shape index (κ2) is 10.8. The van der Waals surface area contributed by atoms with Crippen molar-refractivity contribution in [3.05, 3.63) is 109 Å². The second-order valence-electron chi connectivity index (χ2n) is 14.7. The van der Waals surface area contributed by atoms with Crippen LogP contribution >= 0.6 is 0 Å². The minimum absolute atomic E-state index is 0.724. The van der Waals surface area contributed by atoms with Crippen LogP contribution < -0.4 is 5.46 Å². The molecule has 0 amide bonds. The van der Waals surface area contributed by atoms with Crippen LogP contribution in [0.1, 0.15) is 88.2 Å². The first-order valence-corrected chi connectivity index (χ1v) is 16.8. The third-order valence-electron chi connectivity index (χ3n) is 13.1. The normalized spacial score (nSPS) is 38.8. The molecule has 4 aliphatic carbocycles. The third kappa shape index (κ3) is 4.29. The van der Waals surface area contributed by atoms with E-state index in [-0.39, 0.29) is 0 Å². The summed E-state index contributed by atoms with van der Waals surface area (Å²) in [5, 5.41) is 0. The van der Waals surface area contributed by atoms with Gasteiger partial charge in [0.2, 0.25) is 6.15 Å². The quantitative estimate of drug-likeness (QED) is 0.228. The van der Waals surface area contributed by atoms with E-state index < -0.39 is 6.15 Å². The molecule has 3 aromatic rings. The number of hydrogen-bond donors (Lipinski definition) is 0. The van der Waals surface area contributed by atoms with Gasteiger partial charge in [0.15, 0.2) is 0 Å². The highest BCUT2D eigenvalue weighted by atomic mass is 14.5. The van der Waals surface area contributed by atoms with Crippen molar-refractivity contribution in [1.29, 1.82) is 0 Å². The number of hydrogen-bond acceptors (Lipinski definition) is 0. The minimum atomic E-state index is -0.961. The van der Waals surface area contributed by atoms with Gasteiger partial charge in [-0.25, -0.2) is 0 Å². The van der Waals surface area contributed by atoms with E-state index in [0.717, 1.165) is 59.0 Å². The molecule has 4 aliphatic rings. The Labute approximate surface area is 244 Å². The molecular formula is C39H49B. The Morgan fingerprint density at radius 2 is 0.925 bits per heavy atom. The highest BCUT2D eigenvalue weighted by Gasteiger charge is 2.61. The Bertz CT molecular complexity index is 1170. The van der Waals surface area contributed by atoms with Gasteiger partial charge in [0.1, 0.15) is 0 Å². The summed E-state index contributed by atoms with van der Waals surface area (Å²) in [5.74, 6) is 7.66. The van der Waals surface area contributed by atoms with Gasteiger partial charge in [0.25, 0.3) is 0 Å². The first-order chi connectivity index (χ1) is 19.6. The van der Waals surface area contributed by atoms with E-state index in [0.29, 0.717) is 0 Å². The van der Waals surface area contributed by atoms with E-state index in [1.165, 1.54) is 51.4 Å². The van der Waals surface area contributed by atoms with E-state index in [4.69, 9.17) is 6.82 Å². The van der Waals surface area contributed by atoms with E-state index >= 15 is 0 Å². The van der Waals surface area contributed by atoms with Crippen molar-refractivity contribution >= 4 is 11.6 Å². The van der Waals surface area contributed by atoms with Crippen molar-refractivity contribution in [2.24, 2.45) is 35.5 Å². The predicted molar refractivity (Wildman–Crippen MR) is 172 cm³/mol. The summed E-state index contributed by atoms with van der Waals surface area (Å²) >= 11 is 0. The lowest BCUT2D eigenvalue weighted by atomic mass is 9.08. The Balaban J connectivity index is 1.29. The molecule has 208 valence electrons. The predicted octanol–water partition coefficient (Wildman–Crippen LogP) is 9.94. The van der Waals surface area contributed by atoms with Gasteiger partial charge in [0, 0.05) is 0 Å². The molecule has 3 aromatic carbocycles. The highest BCUT2D eigenvalue weighted by Crippen LogP contribution is 2.66. The minimum Gasteiger partial charge on any atom is -0.159 e. The van der Waals surface area contributed by atoms with E-state index in [1.807, 2.05) is 0 Å². The molecule has 0 N–H and O–H groups in total. The molecule has 10 atom stereocenters. The Hall–Kier alpha value is -2.41. The van der Waals surface area contributed by atoms with Gasteiger partial charge in [-0.3, -0.25) is 0 Å². The van der Waals surface area contributed by atoms with Crippen LogP contribution in [0.4, 0.5) is 0 Å². The van der Waals surface area contributed by atoms with Gasteiger partial charge in [-0.2, -0.15) is 5.46 Å². The van der Waals surface area contributed by atoms with Gasteiger partial charge in [0.05, 0.1) is 0 Å². The maximum Gasteiger partial charge on any atom is 0.226 e. The van der Waals surface area contributed by atoms with Crippen molar-refractivity contribution in [2.45, 2.75) is 88.7 Å². The summed E-state index contributed by atoms with van der Waals surface area (Å²) in [6.07, 6.45) is 10.2. The van der Waals surface area contributed by atoms with Gasteiger partial charge in [-0.05, 0) is 60.5 Å². The van der Waals surface area contributed by atoms with Crippen LogP contribution in [0.3, 0.4) is 0 Å². The molecule has 0 heterocycles. The largest absolute Gasteiger partial charge is 0.226 e. The average molecular weight is 529 g/mol. The maximum atomic E-state index is 5.54. The Kier molecular flexibility index (Phi) is 7.14. The van der Waals surface area contributed by atoms with Crippen LogP contribution in [0, 0.1) is 42.3 Å². The van der Waals surface area contributed by atoms with Crippen molar-refractivity contribution in [1.82, 2.24) is 0 Å². The van der Waals surface area contributed by atoms with Gasteiger partial charge < -0.3 is 0 Å². The van der Waals surface area contributed by atoms with E-state index in [9.17, 15) is 0 Å². The molecule has 0 saturated heterocycles. The monoisotopic (exact) mass is 528 g/mol. The van der Waals surface area contributed by atoms with Gasteiger partial charge in [-0.15, -0.1) is 18.5 Å². The fourth-order valence-corrected chi connectivity index (χ4v) is 12.0. The fraction of sp³-hybridized carbons (Fsp3) is 0.513. The zero-order valence-corrected chi connectivity index (χ0v) is 24.9. The number of benzene rings is 3. The smallest absolute Gasteiger partial charge is 0.159 e. The lowest BCUT2D eigenvalue weighted by Gasteiger charge is -2.51. The highest BCUT2D eigenvalue weighted by molar-refractivity contribution is 6.96. The van der Waals surface area contributed by atoms with Crippen molar-refractivity contribution in [3.63, 3.8) is 0 Å². The lowest BCUT2D eigenvalue weighted by Crippen LogP contribution is -2.58. The van der Waals surface area contributed by atoms with Crippen LogP contribution in [-0.2, 0) is 0 Å². The number of rotatable bonds is 5. The average Bonchev–Trinajstić information content (AvgIpc) is 3.54. The van der Waals surface area contributed by atoms with Gasteiger partial charge >= 0.3 is 0 Å². The molecule has 0 nitrogen and oxygen atoms in total. The third-order valence-corrected chi connectivity index (χ3v) is 13.1. The van der Waals surface area contributed by atoms with E-state index in [1.54, 1.807) is 16.6 Å². The standard InChI is InChI=1S/C39H49B/c1-27-25-36-32(29-15-7-4-8-16-29)21-13-23-34(36)38(27)40(3,31-19-11-6-12-20-31)39-28(2)26-37-33(22-14-24-35(37)39)30-17-9-5-10-18-30/h4-12,15-20,27-28,32-39H,3,13-14,21-26H2,1-2H3. The van der Waals surface area contributed by atoms with Crippen LogP contribution in [0.15, 0.2) is 91.0 Å². The Morgan fingerprint density at radius 3 is 1.35 bits per heavy atom. The summed E-state index contributed by atoms with van der Waals surface area (Å²) in [5.41, 5.74) is 4.79. The lowest BCUT2D eigenvalue weighted by molar-refractivity contribution is 0.227. The Morgan fingerprint density at radius 1 is 0.525 bits per heavy atom. The summed E-state index contributed by atoms with van der Waals surface area (Å²) < 4.78 is 0. The van der Waals surface area contributed by atoms with Gasteiger partial charge in [-0.1, -0.05) is 154 Å². The molecule has 0 spiro atoms. The SMILES string of the molecule is [CH2+][B-](c1ccccc1)(C1C(C)CC2C(c3ccccc3)CCCC21)C1C(C)CC2C(c3ccccc3)CCCC21. The molecule has 40 heavy (non-hydrogen) atoms. The summed E-state index contributed by atoms with van der Waals surface area (Å²) in [6.45, 7) is 10.8. The van der Waals surface area contributed by atoms with Crippen LogP contribution in [-0.4, -0.2) is 6.15 Å². The van der Waals surface area contributed by atoms with Crippen molar-refractivity contribution in [2.75, 3.05) is 0 Å². The maximum absolute atomic E-state index is 5.54. The second-order valence-corrected chi connectivity index (χ2v) is 14.7. The summed E-state index contributed by atoms with van der Waals surface area (Å²) in [4.78, 5) is 0. The topological polar surface area (TPSA) is 0 Å². The molecule has 4 fully saturated rings. The fourth-order valence-electron chi connectivity index (χ4n) is 12.0. The molecule has 7 rings (SSSR count). The molecule has 1 heteroatoms. The van der Waals surface area contributed by atoms with Crippen molar-refractivity contribution < 1.29 is 0 Å². The van der Waals surface area contributed by atoms with Crippen LogP contribution in [0.25, 0.3) is 0 Å². The first kappa shape index (κ1) is 26.5. The molecule has 0 aromatic heterocycles. The van der Waals surface area contributed by atoms with Crippen LogP contribution in [0.5, 0.6) is 0 Å². The molecule has 10 unspecified atom stereocenters. The summed E-state index contributed by atoms with van der Waals surface area (Å²) in [7, 11) is 0. The van der Waals surface area contributed by atoms with Crippen molar-refractivity contribution in [3.8, 4) is 0 Å². The molecule has 0 bridgehead atoms. The molecule has 0 radical (unpaired) electrons. The molecule has 0 aliphatic heterocycles. The first-order valence-electron chi connectivity index (χ1n) is 16.8.